The molecule has 1 amide bonds. The lowest BCUT2D eigenvalue weighted by Crippen LogP contribution is -2.14. The van der Waals surface area contributed by atoms with E-state index in [1.165, 1.54) is 18.2 Å². The smallest absolute Gasteiger partial charge is 0.335 e. The molecule has 1 rings (SSSR count). The molecule has 0 bridgehead atoms. The number of rotatable bonds is 5. The minimum Gasteiger partial charge on any atom is -0.506 e. The van der Waals surface area contributed by atoms with E-state index in [-0.39, 0.29) is 28.5 Å². The van der Waals surface area contributed by atoms with E-state index >= 15 is 0 Å². The Morgan fingerprint density at radius 3 is 2.78 bits per heavy atom. The SMILES string of the molecule is N#CCSCC(=O)Nc1cc(C(=O)O)ccc1O. The van der Waals surface area contributed by atoms with Gasteiger partial charge in [-0.2, -0.15) is 5.26 Å². The Balaban J connectivity index is 2.72. The van der Waals surface area contributed by atoms with Gasteiger partial charge in [-0.3, -0.25) is 4.79 Å². The fourth-order valence-corrected chi connectivity index (χ4v) is 1.60. The second-order valence-corrected chi connectivity index (χ2v) is 4.22. The van der Waals surface area contributed by atoms with Gasteiger partial charge in [-0.1, -0.05) is 0 Å². The molecular formula is C11H10N2O4S. The van der Waals surface area contributed by atoms with Crippen molar-refractivity contribution in [3.05, 3.63) is 23.8 Å². The first-order chi connectivity index (χ1) is 8.54. The molecule has 0 aliphatic carbocycles. The van der Waals surface area contributed by atoms with E-state index < -0.39 is 11.9 Å². The van der Waals surface area contributed by atoms with Crippen molar-refractivity contribution in [1.82, 2.24) is 0 Å². The minimum atomic E-state index is -1.15. The minimum absolute atomic E-state index is 0.0345. The first kappa shape index (κ1) is 13.9. The predicted octanol–water partition coefficient (Wildman–Crippen LogP) is 1.29. The van der Waals surface area contributed by atoms with E-state index in [4.69, 9.17) is 10.4 Å². The van der Waals surface area contributed by atoms with Gasteiger partial charge in [0.25, 0.3) is 0 Å². The van der Waals surface area contributed by atoms with E-state index in [1.807, 2.05) is 6.07 Å². The number of hydrogen-bond acceptors (Lipinski definition) is 5. The zero-order chi connectivity index (χ0) is 13.5. The van der Waals surface area contributed by atoms with Crippen molar-refractivity contribution in [2.75, 3.05) is 16.8 Å². The number of benzene rings is 1. The molecule has 1 aromatic rings. The summed E-state index contributed by atoms with van der Waals surface area (Å²) in [6.45, 7) is 0. The second kappa shape index (κ2) is 6.51. The van der Waals surface area contributed by atoms with Crippen molar-refractivity contribution >= 4 is 29.3 Å². The fraction of sp³-hybridized carbons (Fsp3) is 0.182. The van der Waals surface area contributed by atoms with Crippen molar-refractivity contribution in [3.63, 3.8) is 0 Å². The summed E-state index contributed by atoms with van der Waals surface area (Å²) in [5.41, 5.74) is 0.00485. The van der Waals surface area contributed by atoms with Crippen LogP contribution in [-0.4, -0.2) is 33.6 Å². The maximum absolute atomic E-state index is 11.4. The van der Waals surface area contributed by atoms with Crippen molar-refractivity contribution in [2.45, 2.75) is 0 Å². The number of thioether (sulfide) groups is 1. The highest BCUT2D eigenvalue weighted by molar-refractivity contribution is 8.00. The number of amides is 1. The number of carboxylic acid groups (broad SMARTS) is 1. The Morgan fingerprint density at radius 1 is 1.44 bits per heavy atom. The molecule has 0 heterocycles. The van der Waals surface area contributed by atoms with E-state index in [9.17, 15) is 14.7 Å². The Labute approximate surface area is 107 Å². The van der Waals surface area contributed by atoms with Crippen LogP contribution >= 0.6 is 11.8 Å². The quantitative estimate of drug-likeness (QED) is 0.547. The summed E-state index contributed by atoms with van der Waals surface area (Å²) in [5, 5.41) is 28.9. The molecule has 1 aromatic carbocycles. The number of anilines is 1. The van der Waals surface area contributed by atoms with Gasteiger partial charge in [-0.15, -0.1) is 11.8 Å². The van der Waals surface area contributed by atoms with Crippen molar-refractivity contribution in [1.29, 1.82) is 5.26 Å². The highest BCUT2D eigenvalue weighted by Crippen LogP contribution is 2.24. The predicted molar refractivity (Wildman–Crippen MR) is 66.6 cm³/mol. The lowest BCUT2D eigenvalue weighted by Gasteiger charge is -2.07. The molecule has 3 N–H and O–H groups in total. The number of carboxylic acids is 1. The molecule has 0 spiro atoms. The lowest BCUT2D eigenvalue weighted by atomic mass is 10.2. The van der Waals surface area contributed by atoms with Crippen LogP contribution in [0.4, 0.5) is 5.69 Å². The number of phenolic OH excluding ortho intramolecular Hbond substituents is 1. The number of carbonyl (C=O) groups is 2. The van der Waals surface area contributed by atoms with Crippen LogP contribution in [0.15, 0.2) is 18.2 Å². The summed E-state index contributed by atoms with van der Waals surface area (Å²) in [7, 11) is 0. The number of hydrogen-bond donors (Lipinski definition) is 3. The molecule has 0 fully saturated rings. The van der Waals surface area contributed by atoms with Gasteiger partial charge in [0, 0.05) is 0 Å². The number of carbonyl (C=O) groups excluding carboxylic acids is 1. The number of phenols is 1. The number of nitriles is 1. The lowest BCUT2D eigenvalue weighted by molar-refractivity contribution is -0.113. The van der Waals surface area contributed by atoms with Crippen LogP contribution in [0.25, 0.3) is 0 Å². The summed E-state index contributed by atoms with van der Waals surface area (Å²) in [6, 6.07) is 5.48. The summed E-state index contributed by atoms with van der Waals surface area (Å²) in [6.07, 6.45) is 0. The second-order valence-electron chi connectivity index (χ2n) is 3.24. The molecule has 0 aliphatic rings. The van der Waals surface area contributed by atoms with Gasteiger partial charge in [-0.25, -0.2) is 4.79 Å². The number of nitrogens with zero attached hydrogens (tertiary/aromatic N) is 1. The molecule has 6 nitrogen and oxygen atoms in total. The molecule has 0 saturated heterocycles. The average molecular weight is 266 g/mol. The maximum Gasteiger partial charge on any atom is 0.335 e. The molecule has 0 radical (unpaired) electrons. The van der Waals surface area contributed by atoms with Gasteiger partial charge in [0.05, 0.1) is 28.8 Å². The van der Waals surface area contributed by atoms with Crippen LogP contribution in [0.1, 0.15) is 10.4 Å². The van der Waals surface area contributed by atoms with Gasteiger partial charge in [-0.05, 0) is 18.2 Å². The van der Waals surface area contributed by atoms with E-state index in [0.29, 0.717) is 0 Å². The van der Waals surface area contributed by atoms with Crippen LogP contribution in [0.5, 0.6) is 5.75 Å². The maximum atomic E-state index is 11.4. The van der Waals surface area contributed by atoms with Crippen molar-refractivity contribution < 1.29 is 19.8 Å². The Kier molecular flexibility index (Phi) is 5.02. The van der Waals surface area contributed by atoms with Gasteiger partial charge in [0.15, 0.2) is 0 Å². The topological polar surface area (TPSA) is 110 Å². The normalized spacial score (nSPS) is 9.50. The number of aromatic hydroxyl groups is 1. The summed E-state index contributed by atoms with van der Waals surface area (Å²) in [4.78, 5) is 22.1. The zero-order valence-electron chi connectivity index (χ0n) is 9.21. The zero-order valence-corrected chi connectivity index (χ0v) is 10.0. The van der Waals surface area contributed by atoms with Crippen LogP contribution in [0.2, 0.25) is 0 Å². The monoisotopic (exact) mass is 266 g/mol. The summed E-state index contributed by atoms with van der Waals surface area (Å²) < 4.78 is 0. The van der Waals surface area contributed by atoms with Gasteiger partial charge in [0.1, 0.15) is 5.75 Å². The third-order valence-corrected chi connectivity index (χ3v) is 2.72. The molecule has 0 aromatic heterocycles. The average Bonchev–Trinajstić information content (AvgIpc) is 2.32. The third kappa shape index (κ3) is 3.99. The molecule has 0 aliphatic heterocycles. The van der Waals surface area contributed by atoms with E-state index in [0.717, 1.165) is 11.8 Å². The van der Waals surface area contributed by atoms with Crippen molar-refractivity contribution in [3.8, 4) is 11.8 Å². The summed E-state index contributed by atoms with van der Waals surface area (Å²) in [5.74, 6) is -1.52. The Morgan fingerprint density at radius 2 is 2.17 bits per heavy atom. The highest BCUT2D eigenvalue weighted by atomic mass is 32.2. The van der Waals surface area contributed by atoms with Crippen LogP contribution in [0.3, 0.4) is 0 Å². The van der Waals surface area contributed by atoms with Gasteiger partial charge in [0.2, 0.25) is 5.91 Å². The van der Waals surface area contributed by atoms with Crippen LogP contribution in [0, 0.1) is 11.3 Å². The number of aromatic carboxylic acids is 1. The van der Waals surface area contributed by atoms with E-state index in [1.54, 1.807) is 0 Å². The number of nitrogens with one attached hydrogen (secondary N) is 1. The van der Waals surface area contributed by atoms with Crippen LogP contribution < -0.4 is 5.32 Å². The molecule has 7 heteroatoms. The standard InChI is InChI=1S/C11H10N2O4S/c12-3-4-18-6-10(15)13-8-5-7(11(16)17)1-2-9(8)14/h1-2,5,14H,4,6H2,(H,13,15)(H,16,17). The fourth-order valence-electron chi connectivity index (χ4n) is 1.14. The first-order valence-corrected chi connectivity index (χ1v) is 6.01. The first-order valence-electron chi connectivity index (χ1n) is 4.85. The summed E-state index contributed by atoms with van der Waals surface area (Å²) >= 11 is 1.13. The van der Waals surface area contributed by atoms with Gasteiger partial charge >= 0.3 is 5.97 Å². The molecule has 18 heavy (non-hydrogen) atoms. The molecule has 0 unspecified atom stereocenters. The highest BCUT2D eigenvalue weighted by Gasteiger charge is 2.10. The molecule has 0 atom stereocenters. The molecular weight excluding hydrogens is 256 g/mol. The molecule has 0 saturated carbocycles. The Bertz CT molecular complexity index is 510. The largest absolute Gasteiger partial charge is 0.506 e. The van der Waals surface area contributed by atoms with Crippen LogP contribution in [-0.2, 0) is 4.79 Å². The third-order valence-electron chi connectivity index (χ3n) is 1.92. The van der Waals surface area contributed by atoms with Crippen molar-refractivity contribution in [2.24, 2.45) is 0 Å². The van der Waals surface area contributed by atoms with E-state index in [2.05, 4.69) is 5.32 Å². The Hall–Kier alpha value is -2.20. The molecule has 94 valence electrons. The van der Waals surface area contributed by atoms with Gasteiger partial charge < -0.3 is 15.5 Å².